The Labute approximate surface area is 164 Å². The maximum Gasteiger partial charge on any atom is 0.289 e. The second-order valence-corrected chi connectivity index (χ2v) is 8.42. The van der Waals surface area contributed by atoms with Gasteiger partial charge in [-0.1, -0.05) is 24.3 Å². The Hall–Kier alpha value is -2.70. The van der Waals surface area contributed by atoms with E-state index in [4.69, 9.17) is 0 Å². The van der Waals surface area contributed by atoms with Crippen molar-refractivity contribution in [2.45, 2.75) is 45.2 Å². The summed E-state index contributed by atoms with van der Waals surface area (Å²) in [5.41, 5.74) is 2.25. The number of aryl methyl sites for hydroxylation is 1. The lowest BCUT2D eigenvalue weighted by Gasteiger charge is -2.25. The third kappa shape index (κ3) is 3.19. The van der Waals surface area contributed by atoms with Crippen molar-refractivity contribution in [3.8, 4) is 0 Å². The molecule has 1 aromatic heterocycles. The van der Waals surface area contributed by atoms with E-state index in [1.54, 1.807) is 0 Å². The van der Waals surface area contributed by atoms with Gasteiger partial charge in [-0.05, 0) is 42.7 Å². The van der Waals surface area contributed by atoms with Gasteiger partial charge in [0.1, 0.15) is 5.82 Å². The van der Waals surface area contributed by atoms with E-state index in [2.05, 4.69) is 15.5 Å². The highest BCUT2D eigenvalue weighted by molar-refractivity contribution is 5.91. The number of carbonyl (C=O) groups excluding carboxylic acids is 2. The summed E-state index contributed by atoms with van der Waals surface area (Å²) in [5.74, 6) is 2.12. The molecule has 2 aliphatic heterocycles. The van der Waals surface area contributed by atoms with E-state index in [1.165, 1.54) is 0 Å². The van der Waals surface area contributed by atoms with Crippen molar-refractivity contribution in [1.82, 2.24) is 25.0 Å². The van der Waals surface area contributed by atoms with E-state index >= 15 is 0 Å². The zero-order valence-corrected chi connectivity index (χ0v) is 16.1. The molecule has 2 amide bonds. The van der Waals surface area contributed by atoms with Gasteiger partial charge in [0.05, 0.1) is 6.42 Å². The van der Waals surface area contributed by atoms with Gasteiger partial charge in [-0.3, -0.25) is 9.59 Å². The zero-order chi connectivity index (χ0) is 19.3. The van der Waals surface area contributed by atoms with Crippen molar-refractivity contribution in [2.75, 3.05) is 13.1 Å². The average Bonchev–Trinajstić information content (AvgIpc) is 3.24. The van der Waals surface area contributed by atoms with Gasteiger partial charge in [0, 0.05) is 32.1 Å². The Kier molecular flexibility index (Phi) is 4.18. The molecule has 0 spiro atoms. The highest BCUT2D eigenvalue weighted by Crippen LogP contribution is 2.33. The minimum absolute atomic E-state index is 0.120. The van der Waals surface area contributed by atoms with Gasteiger partial charge in [0.25, 0.3) is 5.91 Å². The Balaban J connectivity index is 1.27. The van der Waals surface area contributed by atoms with E-state index in [9.17, 15) is 9.59 Å². The highest BCUT2D eigenvalue weighted by atomic mass is 16.2. The lowest BCUT2D eigenvalue weighted by molar-refractivity contribution is -0.129. The number of benzene rings is 1. The highest BCUT2D eigenvalue weighted by Gasteiger charge is 2.40. The molecule has 5 rings (SSSR count). The molecule has 2 aromatic rings. The van der Waals surface area contributed by atoms with Crippen LogP contribution in [0.25, 0.3) is 0 Å². The molecule has 1 saturated heterocycles. The number of aromatic nitrogens is 3. The van der Waals surface area contributed by atoms with Crippen molar-refractivity contribution in [3.63, 3.8) is 0 Å². The first-order chi connectivity index (χ1) is 13.6. The molecule has 2 atom stereocenters. The molecule has 0 radical (unpaired) electrons. The molecule has 1 N–H and O–H groups in total. The summed E-state index contributed by atoms with van der Waals surface area (Å²) >= 11 is 0. The Morgan fingerprint density at radius 3 is 2.68 bits per heavy atom. The molecule has 2 fully saturated rings. The van der Waals surface area contributed by atoms with Crippen LogP contribution in [0.3, 0.4) is 0 Å². The third-order valence-corrected chi connectivity index (χ3v) is 6.34. The molecule has 1 saturated carbocycles. The third-order valence-electron chi connectivity index (χ3n) is 6.34. The van der Waals surface area contributed by atoms with E-state index in [0.717, 1.165) is 49.3 Å². The molecule has 1 aliphatic carbocycles. The van der Waals surface area contributed by atoms with Gasteiger partial charge in [0.15, 0.2) is 0 Å². The summed E-state index contributed by atoms with van der Waals surface area (Å²) in [6.45, 7) is 4.28. The SMILES string of the molecule is Cc1ccccc1CC(=O)N1C[C@@H]2Cc3nnc(C(=O)NC4CC4)n3C[C@@H]2C1. The maximum atomic E-state index is 12.9. The monoisotopic (exact) mass is 379 g/mol. The Morgan fingerprint density at radius 1 is 1.11 bits per heavy atom. The number of nitrogens with zero attached hydrogens (tertiary/aromatic N) is 4. The molecule has 0 bridgehead atoms. The quantitative estimate of drug-likeness (QED) is 0.870. The summed E-state index contributed by atoms with van der Waals surface area (Å²) in [6, 6.07) is 8.37. The van der Waals surface area contributed by atoms with Crippen molar-refractivity contribution >= 4 is 11.8 Å². The van der Waals surface area contributed by atoms with Crippen LogP contribution in [0, 0.1) is 18.8 Å². The van der Waals surface area contributed by atoms with E-state index in [1.807, 2.05) is 40.7 Å². The van der Waals surface area contributed by atoms with Crippen LogP contribution >= 0.6 is 0 Å². The minimum Gasteiger partial charge on any atom is -0.347 e. The smallest absolute Gasteiger partial charge is 0.289 e. The van der Waals surface area contributed by atoms with Crippen LogP contribution < -0.4 is 5.32 Å². The maximum absolute atomic E-state index is 12.9. The first-order valence-electron chi connectivity index (χ1n) is 10.1. The number of fused-ring (bicyclic) bond motifs is 2. The van der Waals surface area contributed by atoms with E-state index in [-0.39, 0.29) is 11.8 Å². The van der Waals surface area contributed by atoms with Crippen LogP contribution in [0.1, 0.15) is 40.4 Å². The summed E-state index contributed by atoms with van der Waals surface area (Å²) in [7, 11) is 0. The topological polar surface area (TPSA) is 80.1 Å². The van der Waals surface area contributed by atoms with Crippen LogP contribution in [0.15, 0.2) is 24.3 Å². The van der Waals surface area contributed by atoms with Gasteiger partial charge in [0.2, 0.25) is 11.7 Å². The number of rotatable bonds is 4. The van der Waals surface area contributed by atoms with Crippen LogP contribution in [0.2, 0.25) is 0 Å². The number of amides is 2. The van der Waals surface area contributed by atoms with Crippen LogP contribution in [-0.2, 0) is 24.2 Å². The number of nitrogens with one attached hydrogen (secondary N) is 1. The van der Waals surface area contributed by atoms with Crippen molar-refractivity contribution in [1.29, 1.82) is 0 Å². The largest absolute Gasteiger partial charge is 0.347 e. The Morgan fingerprint density at radius 2 is 1.89 bits per heavy atom. The molecule has 28 heavy (non-hydrogen) atoms. The normalized spacial score (nSPS) is 23.2. The van der Waals surface area contributed by atoms with Crippen molar-refractivity contribution in [3.05, 3.63) is 47.0 Å². The molecule has 7 nitrogen and oxygen atoms in total. The summed E-state index contributed by atoms with van der Waals surface area (Å²) in [5, 5.41) is 11.4. The summed E-state index contributed by atoms with van der Waals surface area (Å²) in [6.07, 6.45) is 3.33. The van der Waals surface area contributed by atoms with Crippen LogP contribution in [0.5, 0.6) is 0 Å². The molecule has 1 aromatic carbocycles. The molecular weight excluding hydrogens is 354 g/mol. The molecule has 3 heterocycles. The first kappa shape index (κ1) is 17.4. The van der Waals surface area contributed by atoms with Gasteiger partial charge in [-0.2, -0.15) is 0 Å². The zero-order valence-electron chi connectivity index (χ0n) is 16.1. The van der Waals surface area contributed by atoms with Crippen molar-refractivity contribution < 1.29 is 9.59 Å². The molecule has 146 valence electrons. The number of hydrogen-bond acceptors (Lipinski definition) is 4. The second-order valence-electron chi connectivity index (χ2n) is 8.42. The van der Waals surface area contributed by atoms with E-state index in [0.29, 0.717) is 36.7 Å². The van der Waals surface area contributed by atoms with Gasteiger partial charge < -0.3 is 14.8 Å². The lowest BCUT2D eigenvalue weighted by atomic mass is 9.89. The molecule has 0 unspecified atom stereocenters. The fourth-order valence-electron chi connectivity index (χ4n) is 4.46. The molecule has 3 aliphatic rings. The first-order valence-corrected chi connectivity index (χ1v) is 10.1. The summed E-state index contributed by atoms with van der Waals surface area (Å²) in [4.78, 5) is 27.3. The minimum atomic E-state index is -0.120. The van der Waals surface area contributed by atoms with Gasteiger partial charge >= 0.3 is 0 Å². The number of likely N-dealkylation sites (tertiary alicyclic amines) is 1. The van der Waals surface area contributed by atoms with Gasteiger partial charge in [-0.15, -0.1) is 10.2 Å². The summed E-state index contributed by atoms with van der Waals surface area (Å²) < 4.78 is 1.97. The van der Waals surface area contributed by atoms with Crippen LogP contribution in [-0.4, -0.2) is 50.6 Å². The fourth-order valence-corrected chi connectivity index (χ4v) is 4.46. The number of hydrogen-bond donors (Lipinski definition) is 1. The standard InChI is InChI=1S/C21H25N5O2/c1-13-4-2-3-5-14(13)9-19(27)25-10-15-8-18-23-24-20(21(28)22-17-6-7-17)26(18)12-16(15)11-25/h2-5,15-17H,6-12H2,1H3,(H,22,28)/t15-,16-/m0/s1. The van der Waals surface area contributed by atoms with E-state index < -0.39 is 0 Å². The predicted octanol–water partition coefficient (Wildman–Crippen LogP) is 1.35. The fraction of sp³-hybridized carbons (Fsp3) is 0.524. The molecular formula is C21H25N5O2. The second kappa shape index (κ2) is 6.72. The predicted molar refractivity (Wildman–Crippen MR) is 103 cm³/mol. The number of carbonyl (C=O) groups is 2. The lowest BCUT2D eigenvalue weighted by Crippen LogP contribution is -2.33. The van der Waals surface area contributed by atoms with Crippen molar-refractivity contribution in [2.24, 2.45) is 11.8 Å². The average molecular weight is 379 g/mol. The van der Waals surface area contributed by atoms with Gasteiger partial charge in [-0.25, -0.2) is 0 Å². The molecule has 7 heteroatoms. The van der Waals surface area contributed by atoms with Crippen LogP contribution in [0.4, 0.5) is 0 Å². The Bertz CT molecular complexity index is 933.